The van der Waals surface area contributed by atoms with E-state index in [0.29, 0.717) is 12.0 Å². The molecule has 0 aliphatic heterocycles. The molecule has 6 heteroatoms. The maximum Gasteiger partial charge on any atom is 0.288 e. The molecule has 18 heavy (non-hydrogen) atoms. The van der Waals surface area contributed by atoms with Gasteiger partial charge in [0, 0.05) is 6.07 Å². The van der Waals surface area contributed by atoms with Gasteiger partial charge in [-0.15, -0.1) is 0 Å². The van der Waals surface area contributed by atoms with Gasteiger partial charge in [0.1, 0.15) is 5.02 Å². The molecule has 100 valence electrons. The molecule has 0 heterocycles. The normalized spacial score (nSPS) is 14.2. The highest BCUT2D eigenvalue weighted by molar-refractivity contribution is 6.32. The van der Waals surface area contributed by atoms with Gasteiger partial charge in [-0.3, -0.25) is 10.1 Å². The third-order valence-electron chi connectivity index (χ3n) is 2.82. The van der Waals surface area contributed by atoms with E-state index in [1.807, 2.05) is 6.92 Å². The van der Waals surface area contributed by atoms with Gasteiger partial charge in [-0.05, 0) is 18.1 Å². The van der Waals surface area contributed by atoms with Crippen LogP contribution >= 0.6 is 11.6 Å². The molecule has 0 aliphatic carbocycles. The van der Waals surface area contributed by atoms with Gasteiger partial charge in [-0.2, -0.15) is 0 Å². The number of unbranched alkanes of at least 4 members (excludes halogenated alkanes) is 1. The van der Waals surface area contributed by atoms with Gasteiger partial charge in [0.05, 0.1) is 17.1 Å². The lowest BCUT2D eigenvalue weighted by molar-refractivity contribution is -0.384. The zero-order chi connectivity index (χ0) is 13.7. The van der Waals surface area contributed by atoms with Gasteiger partial charge in [-0.25, -0.2) is 0 Å². The smallest absolute Gasteiger partial charge is 0.288 e. The zero-order valence-corrected chi connectivity index (χ0v) is 10.9. The standard InChI is InChI=1S/C12H17ClN2O3/c1-2-3-4-11(16)12(14)8-5-6-9(13)10(7-8)15(17)18/h5-7,11-12,16H,2-4,14H2,1H3/t11-,12+/m1/s1. The monoisotopic (exact) mass is 272 g/mol. The Morgan fingerprint density at radius 1 is 1.56 bits per heavy atom. The van der Waals surface area contributed by atoms with Crippen molar-refractivity contribution in [1.29, 1.82) is 0 Å². The summed E-state index contributed by atoms with van der Waals surface area (Å²) in [6.07, 6.45) is 1.70. The van der Waals surface area contributed by atoms with E-state index in [2.05, 4.69) is 0 Å². The predicted octanol–water partition coefficient (Wildman–Crippen LogP) is 2.80. The van der Waals surface area contributed by atoms with Crippen molar-refractivity contribution in [2.45, 2.75) is 38.3 Å². The highest BCUT2D eigenvalue weighted by Crippen LogP contribution is 2.28. The molecule has 3 N–H and O–H groups in total. The molecule has 1 aromatic carbocycles. The first-order chi connectivity index (χ1) is 8.47. The quantitative estimate of drug-likeness (QED) is 0.615. The molecule has 0 bridgehead atoms. The molecule has 0 aromatic heterocycles. The van der Waals surface area contributed by atoms with Crippen molar-refractivity contribution in [3.05, 3.63) is 38.9 Å². The van der Waals surface area contributed by atoms with Crippen molar-refractivity contribution < 1.29 is 10.0 Å². The fourth-order valence-electron chi connectivity index (χ4n) is 1.69. The number of hydrogen-bond donors (Lipinski definition) is 2. The van der Waals surface area contributed by atoms with Crippen LogP contribution in [0.2, 0.25) is 5.02 Å². The predicted molar refractivity (Wildman–Crippen MR) is 70.6 cm³/mol. The topological polar surface area (TPSA) is 89.4 Å². The highest BCUT2D eigenvalue weighted by atomic mass is 35.5. The number of halogens is 1. The summed E-state index contributed by atoms with van der Waals surface area (Å²) in [5.41, 5.74) is 6.22. The van der Waals surface area contributed by atoms with E-state index in [4.69, 9.17) is 17.3 Å². The maximum atomic E-state index is 10.8. The van der Waals surface area contributed by atoms with Crippen LogP contribution in [0.25, 0.3) is 0 Å². The van der Waals surface area contributed by atoms with Crippen molar-refractivity contribution in [3.8, 4) is 0 Å². The zero-order valence-electron chi connectivity index (χ0n) is 10.2. The van der Waals surface area contributed by atoms with Crippen LogP contribution in [0.1, 0.15) is 37.8 Å². The van der Waals surface area contributed by atoms with E-state index in [1.165, 1.54) is 12.1 Å². The molecule has 0 saturated heterocycles. The molecule has 1 rings (SSSR count). The number of hydrogen-bond acceptors (Lipinski definition) is 4. The number of aliphatic hydroxyl groups is 1. The summed E-state index contributed by atoms with van der Waals surface area (Å²) in [5, 5.41) is 20.7. The van der Waals surface area contributed by atoms with E-state index in [1.54, 1.807) is 6.07 Å². The lowest BCUT2D eigenvalue weighted by Gasteiger charge is -2.18. The third-order valence-corrected chi connectivity index (χ3v) is 3.14. The van der Waals surface area contributed by atoms with Crippen molar-refractivity contribution in [1.82, 2.24) is 0 Å². The Balaban J connectivity index is 2.89. The fourth-order valence-corrected chi connectivity index (χ4v) is 1.88. The van der Waals surface area contributed by atoms with Gasteiger partial charge in [0.2, 0.25) is 0 Å². The summed E-state index contributed by atoms with van der Waals surface area (Å²) < 4.78 is 0. The summed E-state index contributed by atoms with van der Waals surface area (Å²) in [7, 11) is 0. The second-order valence-electron chi connectivity index (χ2n) is 4.20. The summed E-state index contributed by atoms with van der Waals surface area (Å²) >= 11 is 5.71. The van der Waals surface area contributed by atoms with E-state index in [0.717, 1.165) is 12.8 Å². The van der Waals surface area contributed by atoms with Crippen LogP contribution in [0.3, 0.4) is 0 Å². The minimum Gasteiger partial charge on any atom is -0.391 e. The summed E-state index contributed by atoms with van der Waals surface area (Å²) in [5.74, 6) is 0. The second kappa shape index (κ2) is 6.68. The number of aliphatic hydroxyl groups excluding tert-OH is 1. The van der Waals surface area contributed by atoms with Crippen LogP contribution in [0, 0.1) is 10.1 Å². The van der Waals surface area contributed by atoms with Gasteiger partial charge in [-0.1, -0.05) is 37.4 Å². The number of nitrogens with zero attached hydrogens (tertiary/aromatic N) is 1. The number of benzene rings is 1. The average molecular weight is 273 g/mol. The molecule has 0 saturated carbocycles. The van der Waals surface area contributed by atoms with Crippen LogP contribution in [0.4, 0.5) is 5.69 Å². The van der Waals surface area contributed by atoms with Crippen molar-refractivity contribution in [2.24, 2.45) is 5.73 Å². The Morgan fingerprint density at radius 3 is 2.78 bits per heavy atom. The Bertz CT molecular complexity index is 426. The molecule has 0 spiro atoms. The van der Waals surface area contributed by atoms with Crippen molar-refractivity contribution in [2.75, 3.05) is 0 Å². The van der Waals surface area contributed by atoms with Crippen LogP contribution < -0.4 is 5.73 Å². The van der Waals surface area contributed by atoms with E-state index in [-0.39, 0.29) is 10.7 Å². The lowest BCUT2D eigenvalue weighted by Crippen LogP contribution is -2.26. The highest BCUT2D eigenvalue weighted by Gasteiger charge is 2.20. The number of rotatable bonds is 6. The molecule has 2 atom stereocenters. The number of nitro groups is 1. The van der Waals surface area contributed by atoms with Gasteiger partial charge in [0.15, 0.2) is 0 Å². The molecule has 0 aliphatic rings. The van der Waals surface area contributed by atoms with Gasteiger partial charge in [0.25, 0.3) is 5.69 Å². The molecule has 0 radical (unpaired) electrons. The molecule has 1 aromatic rings. The Hall–Kier alpha value is -1.17. The lowest BCUT2D eigenvalue weighted by atomic mass is 9.98. The fraction of sp³-hybridized carbons (Fsp3) is 0.500. The van der Waals surface area contributed by atoms with Crippen LogP contribution in [-0.4, -0.2) is 16.1 Å². The van der Waals surface area contributed by atoms with Gasteiger partial charge < -0.3 is 10.8 Å². The Morgan fingerprint density at radius 2 is 2.22 bits per heavy atom. The van der Waals surface area contributed by atoms with E-state index >= 15 is 0 Å². The maximum absolute atomic E-state index is 10.8. The second-order valence-corrected chi connectivity index (χ2v) is 4.61. The minimum absolute atomic E-state index is 0.0685. The molecule has 0 unspecified atom stereocenters. The van der Waals surface area contributed by atoms with Crippen LogP contribution in [0.5, 0.6) is 0 Å². The first-order valence-electron chi connectivity index (χ1n) is 5.84. The minimum atomic E-state index is -0.703. The average Bonchev–Trinajstić information content (AvgIpc) is 2.35. The largest absolute Gasteiger partial charge is 0.391 e. The molecule has 0 fully saturated rings. The molecular weight excluding hydrogens is 256 g/mol. The molecule has 5 nitrogen and oxygen atoms in total. The summed E-state index contributed by atoms with van der Waals surface area (Å²) in [4.78, 5) is 10.2. The SMILES string of the molecule is CCCC[C@@H](O)[C@@H](N)c1ccc(Cl)c([N+](=O)[O-])c1. The number of nitro benzene ring substituents is 1. The van der Waals surface area contributed by atoms with E-state index in [9.17, 15) is 15.2 Å². The summed E-state index contributed by atoms with van der Waals surface area (Å²) in [6.45, 7) is 2.02. The van der Waals surface area contributed by atoms with Crippen molar-refractivity contribution in [3.63, 3.8) is 0 Å². The number of nitrogens with two attached hydrogens (primary N) is 1. The van der Waals surface area contributed by atoms with E-state index < -0.39 is 17.1 Å². The van der Waals surface area contributed by atoms with Gasteiger partial charge >= 0.3 is 0 Å². The van der Waals surface area contributed by atoms with Crippen molar-refractivity contribution >= 4 is 17.3 Å². The Kier molecular flexibility index (Phi) is 5.53. The first kappa shape index (κ1) is 14.9. The third kappa shape index (κ3) is 3.66. The Labute approximate surface area is 111 Å². The van der Waals surface area contributed by atoms with Crippen LogP contribution in [-0.2, 0) is 0 Å². The molecular formula is C12H17ClN2O3. The first-order valence-corrected chi connectivity index (χ1v) is 6.22. The van der Waals surface area contributed by atoms with Crippen LogP contribution in [0.15, 0.2) is 18.2 Å². The molecule has 0 amide bonds. The summed E-state index contributed by atoms with van der Waals surface area (Å²) in [6, 6.07) is 3.73.